The van der Waals surface area contributed by atoms with E-state index in [9.17, 15) is 4.79 Å². The number of rotatable bonds is 7. The molecule has 5 nitrogen and oxygen atoms in total. The predicted octanol–water partition coefficient (Wildman–Crippen LogP) is 3.96. The predicted molar refractivity (Wildman–Crippen MR) is 112 cm³/mol. The van der Waals surface area contributed by atoms with Gasteiger partial charge in [-0.15, -0.1) is 0 Å². The Bertz CT molecular complexity index is 1060. The van der Waals surface area contributed by atoms with Crippen LogP contribution in [-0.4, -0.2) is 15.5 Å². The van der Waals surface area contributed by atoms with Crippen molar-refractivity contribution in [2.45, 2.75) is 19.6 Å². The van der Waals surface area contributed by atoms with Crippen LogP contribution in [-0.2, 0) is 24.4 Å². The zero-order valence-electron chi connectivity index (χ0n) is 15.5. The van der Waals surface area contributed by atoms with E-state index in [0.717, 1.165) is 22.2 Å². The first kappa shape index (κ1) is 17.8. The van der Waals surface area contributed by atoms with E-state index in [4.69, 9.17) is 0 Å². The summed E-state index contributed by atoms with van der Waals surface area (Å²) in [5.41, 5.74) is 4.05. The van der Waals surface area contributed by atoms with Crippen molar-refractivity contribution in [3.8, 4) is 0 Å². The third-order valence-electron chi connectivity index (χ3n) is 4.58. The zero-order chi connectivity index (χ0) is 19.2. The van der Waals surface area contributed by atoms with Crippen molar-refractivity contribution in [1.29, 1.82) is 0 Å². The first-order valence-electron chi connectivity index (χ1n) is 9.33. The lowest BCUT2D eigenvalue weighted by molar-refractivity contribution is -0.121. The summed E-state index contributed by atoms with van der Waals surface area (Å²) in [5.74, 6) is 0.648. The number of anilines is 1. The van der Waals surface area contributed by atoms with Crippen LogP contribution in [0.1, 0.15) is 11.1 Å². The highest BCUT2D eigenvalue weighted by atomic mass is 16.1. The van der Waals surface area contributed by atoms with Crippen LogP contribution in [0.15, 0.2) is 84.9 Å². The molecule has 3 aromatic carbocycles. The summed E-state index contributed by atoms with van der Waals surface area (Å²) in [6.07, 6.45) is 0. The summed E-state index contributed by atoms with van der Waals surface area (Å²) in [6.45, 7) is 1.37. The second kappa shape index (κ2) is 8.39. The number of carbonyl (C=O) groups is 1. The fourth-order valence-corrected chi connectivity index (χ4v) is 3.14. The molecule has 2 N–H and O–H groups in total. The molecule has 0 spiro atoms. The summed E-state index contributed by atoms with van der Waals surface area (Å²) < 4.78 is 1.93. The second-order valence-electron chi connectivity index (χ2n) is 6.61. The summed E-state index contributed by atoms with van der Waals surface area (Å²) in [6, 6.07) is 27.9. The van der Waals surface area contributed by atoms with Gasteiger partial charge in [-0.3, -0.25) is 4.79 Å². The minimum absolute atomic E-state index is 0.0465. The Balaban J connectivity index is 1.50. The Hall–Kier alpha value is -3.60. The summed E-state index contributed by atoms with van der Waals surface area (Å²) in [7, 11) is 0. The Morgan fingerprint density at radius 2 is 1.39 bits per heavy atom. The SMILES string of the molecule is O=C(Cn1c(NCc2ccccc2)nc2ccccc21)NCc1ccccc1. The van der Waals surface area contributed by atoms with Crippen LogP contribution in [0.4, 0.5) is 5.95 Å². The summed E-state index contributed by atoms with van der Waals surface area (Å²) in [5, 5.41) is 6.36. The molecule has 0 aliphatic carbocycles. The highest BCUT2D eigenvalue weighted by Gasteiger charge is 2.13. The maximum absolute atomic E-state index is 12.6. The van der Waals surface area contributed by atoms with E-state index >= 15 is 0 Å². The van der Waals surface area contributed by atoms with Gasteiger partial charge in [0.1, 0.15) is 6.54 Å². The van der Waals surface area contributed by atoms with E-state index in [1.54, 1.807) is 0 Å². The van der Waals surface area contributed by atoms with Crippen LogP contribution in [0.25, 0.3) is 11.0 Å². The molecule has 0 bridgehead atoms. The minimum atomic E-state index is -0.0465. The van der Waals surface area contributed by atoms with Crippen LogP contribution >= 0.6 is 0 Å². The molecule has 0 atom stereocenters. The number of imidazole rings is 1. The normalized spacial score (nSPS) is 10.7. The van der Waals surface area contributed by atoms with Gasteiger partial charge in [0.25, 0.3) is 0 Å². The van der Waals surface area contributed by atoms with Crippen molar-refractivity contribution in [2.24, 2.45) is 0 Å². The molecule has 0 aliphatic rings. The maximum Gasteiger partial charge on any atom is 0.240 e. The van der Waals surface area contributed by atoms with E-state index in [1.807, 2.05) is 77.4 Å². The lowest BCUT2D eigenvalue weighted by atomic mass is 10.2. The number of amides is 1. The number of nitrogens with one attached hydrogen (secondary N) is 2. The van der Waals surface area contributed by atoms with Gasteiger partial charge in [-0.1, -0.05) is 72.8 Å². The molecule has 0 unspecified atom stereocenters. The van der Waals surface area contributed by atoms with Gasteiger partial charge >= 0.3 is 0 Å². The van der Waals surface area contributed by atoms with Gasteiger partial charge in [-0.25, -0.2) is 4.98 Å². The third kappa shape index (κ3) is 4.20. The molecule has 4 rings (SSSR count). The van der Waals surface area contributed by atoms with Gasteiger partial charge in [-0.2, -0.15) is 0 Å². The number of hydrogen-bond acceptors (Lipinski definition) is 3. The van der Waals surface area contributed by atoms with E-state index in [2.05, 4.69) is 27.8 Å². The number of nitrogens with zero attached hydrogens (tertiary/aromatic N) is 2. The Morgan fingerprint density at radius 1 is 0.786 bits per heavy atom. The van der Waals surface area contributed by atoms with Gasteiger partial charge in [0.15, 0.2) is 0 Å². The average Bonchev–Trinajstić information content (AvgIpc) is 3.10. The maximum atomic E-state index is 12.6. The van der Waals surface area contributed by atoms with Gasteiger partial charge in [0.05, 0.1) is 11.0 Å². The Labute approximate surface area is 164 Å². The topological polar surface area (TPSA) is 59.0 Å². The smallest absolute Gasteiger partial charge is 0.240 e. The van der Waals surface area contributed by atoms with E-state index in [1.165, 1.54) is 0 Å². The largest absolute Gasteiger partial charge is 0.352 e. The van der Waals surface area contributed by atoms with Crippen LogP contribution in [0.5, 0.6) is 0 Å². The first-order valence-corrected chi connectivity index (χ1v) is 9.33. The number of hydrogen-bond donors (Lipinski definition) is 2. The molecule has 4 aromatic rings. The molecule has 1 heterocycles. The summed E-state index contributed by atoms with van der Waals surface area (Å²) >= 11 is 0. The second-order valence-corrected chi connectivity index (χ2v) is 6.61. The van der Waals surface area contributed by atoms with E-state index in [0.29, 0.717) is 19.0 Å². The lowest BCUT2D eigenvalue weighted by Gasteiger charge is -2.11. The molecule has 0 saturated carbocycles. The number of carbonyl (C=O) groups excluding carboxylic acids is 1. The van der Waals surface area contributed by atoms with Crippen molar-refractivity contribution in [3.63, 3.8) is 0 Å². The standard InChI is InChI=1S/C23H22N4O/c28-22(24-15-18-9-3-1-4-10-18)17-27-21-14-8-7-13-20(21)26-23(27)25-16-19-11-5-2-6-12-19/h1-14H,15-17H2,(H,24,28)(H,25,26). The van der Waals surface area contributed by atoms with Gasteiger partial charge < -0.3 is 15.2 Å². The van der Waals surface area contributed by atoms with Crippen LogP contribution < -0.4 is 10.6 Å². The van der Waals surface area contributed by atoms with Crippen LogP contribution in [0.3, 0.4) is 0 Å². The van der Waals surface area contributed by atoms with Crippen molar-refractivity contribution in [1.82, 2.24) is 14.9 Å². The molecule has 28 heavy (non-hydrogen) atoms. The molecule has 0 saturated heterocycles. The highest BCUT2D eigenvalue weighted by Crippen LogP contribution is 2.20. The van der Waals surface area contributed by atoms with Crippen LogP contribution in [0, 0.1) is 0 Å². The lowest BCUT2D eigenvalue weighted by Crippen LogP contribution is -2.27. The van der Waals surface area contributed by atoms with Crippen molar-refractivity contribution in [3.05, 3.63) is 96.1 Å². The van der Waals surface area contributed by atoms with Gasteiger partial charge in [-0.05, 0) is 23.3 Å². The molecule has 0 radical (unpaired) electrons. The van der Waals surface area contributed by atoms with Gasteiger partial charge in [0.2, 0.25) is 11.9 Å². The van der Waals surface area contributed by atoms with Crippen molar-refractivity contribution >= 4 is 22.9 Å². The minimum Gasteiger partial charge on any atom is -0.352 e. The fourth-order valence-electron chi connectivity index (χ4n) is 3.14. The Kier molecular flexibility index (Phi) is 5.33. The number of benzene rings is 3. The first-order chi connectivity index (χ1) is 13.8. The zero-order valence-corrected chi connectivity index (χ0v) is 15.5. The molecule has 1 amide bonds. The van der Waals surface area contributed by atoms with Crippen molar-refractivity contribution < 1.29 is 4.79 Å². The molecule has 0 fully saturated rings. The molecule has 0 aliphatic heterocycles. The number of aromatic nitrogens is 2. The van der Waals surface area contributed by atoms with Crippen molar-refractivity contribution in [2.75, 3.05) is 5.32 Å². The van der Waals surface area contributed by atoms with Crippen LogP contribution in [0.2, 0.25) is 0 Å². The number of fused-ring (bicyclic) bond motifs is 1. The Morgan fingerprint density at radius 3 is 2.11 bits per heavy atom. The average molecular weight is 370 g/mol. The van der Waals surface area contributed by atoms with Gasteiger partial charge in [0, 0.05) is 13.1 Å². The molecular weight excluding hydrogens is 348 g/mol. The van der Waals surface area contributed by atoms with E-state index in [-0.39, 0.29) is 12.5 Å². The highest BCUT2D eigenvalue weighted by molar-refractivity contribution is 5.83. The molecule has 1 aromatic heterocycles. The molecule has 5 heteroatoms. The fraction of sp³-hybridized carbons (Fsp3) is 0.130. The quantitative estimate of drug-likeness (QED) is 0.518. The number of para-hydroxylation sites is 2. The summed E-state index contributed by atoms with van der Waals surface area (Å²) in [4.78, 5) is 17.2. The monoisotopic (exact) mass is 370 g/mol. The molecule has 140 valence electrons. The third-order valence-corrected chi connectivity index (χ3v) is 4.58. The van der Waals surface area contributed by atoms with E-state index < -0.39 is 0 Å². The molecular formula is C23H22N4O.